The van der Waals surface area contributed by atoms with Gasteiger partial charge in [-0.2, -0.15) is 0 Å². The van der Waals surface area contributed by atoms with Crippen LogP contribution < -0.4 is 0 Å². The predicted molar refractivity (Wildman–Crippen MR) is 122 cm³/mol. The molecular weight excluding hydrogens is 346 g/mol. The van der Waals surface area contributed by atoms with Crippen LogP contribution in [0.3, 0.4) is 0 Å². The van der Waals surface area contributed by atoms with Crippen molar-refractivity contribution in [3.05, 3.63) is 101 Å². The van der Waals surface area contributed by atoms with E-state index in [1.165, 1.54) is 17.6 Å². The molecule has 0 amide bonds. The maximum Gasteiger partial charge on any atom is 0.162 e. The van der Waals surface area contributed by atoms with E-state index >= 15 is 0 Å². The van der Waals surface area contributed by atoms with Gasteiger partial charge >= 0.3 is 0 Å². The molecule has 1 fully saturated rings. The van der Waals surface area contributed by atoms with Crippen molar-refractivity contribution >= 4 is 0 Å². The second-order valence-electron chi connectivity index (χ2n) is 5.62. The van der Waals surface area contributed by atoms with Crippen LogP contribution in [-0.2, 0) is 11.2 Å². The van der Waals surface area contributed by atoms with Crippen LogP contribution in [0, 0.1) is 4.91 Å². The zero-order valence-electron chi connectivity index (χ0n) is 18.1. The molecule has 0 bridgehead atoms. The molecule has 1 saturated carbocycles. The fraction of sp³-hybridized carbons (Fsp3) is 0.360. The summed E-state index contributed by atoms with van der Waals surface area (Å²) in [6.45, 7) is 17.5. The average Bonchev–Trinajstić information content (AvgIpc) is 2.75. The number of rotatable bonds is 4. The van der Waals surface area contributed by atoms with E-state index in [0.717, 1.165) is 30.4 Å². The lowest BCUT2D eigenvalue weighted by molar-refractivity contribution is 0.352. The molecule has 3 nitrogen and oxygen atoms in total. The summed E-state index contributed by atoms with van der Waals surface area (Å²) < 4.78 is 5.28. The highest BCUT2D eigenvalue weighted by Crippen LogP contribution is 2.37. The summed E-state index contributed by atoms with van der Waals surface area (Å²) in [5, 5.41) is 2.82. The molecular formula is C25H35NO2. The highest BCUT2D eigenvalue weighted by Gasteiger charge is 2.21. The third-order valence-corrected chi connectivity index (χ3v) is 4.12. The molecule has 1 aliphatic heterocycles. The molecule has 0 radical (unpaired) electrons. The van der Waals surface area contributed by atoms with Crippen molar-refractivity contribution in [1.29, 1.82) is 0 Å². The topological polar surface area (TPSA) is 38.7 Å². The van der Waals surface area contributed by atoms with Gasteiger partial charge in [-0.15, -0.1) is 4.91 Å². The highest BCUT2D eigenvalue weighted by atomic mass is 16.5. The fourth-order valence-corrected chi connectivity index (χ4v) is 2.56. The van der Waals surface area contributed by atoms with Gasteiger partial charge in [0.1, 0.15) is 5.70 Å². The molecule has 0 N–H and O–H groups in total. The molecule has 0 saturated heterocycles. The molecule has 0 aromatic heterocycles. The van der Waals surface area contributed by atoms with E-state index in [9.17, 15) is 4.91 Å². The molecule has 28 heavy (non-hydrogen) atoms. The minimum absolute atomic E-state index is 0.108. The van der Waals surface area contributed by atoms with E-state index in [1.54, 1.807) is 12.3 Å². The molecule has 152 valence electrons. The van der Waals surface area contributed by atoms with Crippen LogP contribution in [0.15, 0.2) is 95.3 Å². The molecule has 3 rings (SSSR count). The molecule has 0 unspecified atom stereocenters. The van der Waals surface area contributed by atoms with Crippen LogP contribution in [0.4, 0.5) is 0 Å². The fourth-order valence-electron chi connectivity index (χ4n) is 2.56. The monoisotopic (exact) mass is 381 g/mol. The van der Waals surface area contributed by atoms with Crippen molar-refractivity contribution in [2.45, 2.75) is 60.3 Å². The van der Waals surface area contributed by atoms with Crippen LogP contribution in [0.1, 0.15) is 59.4 Å². The highest BCUT2D eigenvalue weighted by molar-refractivity contribution is 5.56. The molecule has 0 spiro atoms. The molecule has 3 heteroatoms. The Balaban J connectivity index is 0.000000511. The Morgan fingerprint density at radius 3 is 2.14 bits per heavy atom. The zero-order valence-corrected chi connectivity index (χ0v) is 18.1. The SMILES string of the molecule is C=CC1=C(C(=C)N=O)OC=CC1=C1CCC1.CC.CC.CCc1ccccc1. The number of nitroso groups, excluding NO2 is 1. The van der Waals surface area contributed by atoms with E-state index in [-0.39, 0.29) is 5.70 Å². The molecule has 1 aromatic rings. The van der Waals surface area contributed by atoms with E-state index in [2.05, 4.69) is 49.5 Å². The van der Waals surface area contributed by atoms with Gasteiger partial charge in [0, 0.05) is 5.57 Å². The zero-order chi connectivity index (χ0) is 21.4. The van der Waals surface area contributed by atoms with E-state index < -0.39 is 0 Å². The summed E-state index contributed by atoms with van der Waals surface area (Å²) in [6, 6.07) is 10.5. The van der Waals surface area contributed by atoms with Gasteiger partial charge in [0.05, 0.1) is 6.26 Å². The molecule has 1 aromatic carbocycles. The Kier molecular flexibility index (Phi) is 13.9. The summed E-state index contributed by atoms with van der Waals surface area (Å²) >= 11 is 0. The quantitative estimate of drug-likeness (QED) is 0.495. The lowest BCUT2D eigenvalue weighted by atomic mass is 9.84. The van der Waals surface area contributed by atoms with Gasteiger partial charge in [0.2, 0.25) is 0 Å². The van der Waals surface area contributed by atoms with E-state index in [1.807, 2.05) is 39.8 Å². The van der Waals surface area contributed by atoms with Crippen molar-refractivity contribution in [1.82, 2.24) is 0 Å². The van der Waals surface area contributed by atoms with Crippen LogP contribution in [0.2, 0.25) is 0 Å². The number of allylic oxidation sites excluding steroid dienone is 5. The average molecular weight is 382 g/mol. The van der Waals surface area contributed by atoms with Gasteiger partial charge in [-0.1, -0.05) is 89.8 Å². The minimum atomic E-state index is 0.108. The van der Waals surface area contributed by atoms with Crippen molar-refractivity contribution in [2.75, 3.05) is 0 Å². The summed E-state index contributed by atoms with van der Waals surface area (Å²) in [7, 11) is 0. The summed E-state index contributed by atoms with van der Waals surface area (Å²) in [4.78, 5) is 10.5. The minimum Gasteiger partial charge on any atom is -0.462 e. The van der Waals surface area contributed by atoms with Crippen molar-refractivity contribution in [2.24, 2.45) is 5.18 Å². The number of benzene rings is 1. The predicted octanol–water partition coefficient (Wildman–Crippen LogP) is 8.03. The number of ether oxygens (including phenoxy) is 1. The first kappa shape index (κ1) is 25.3. The van der Waals surface area contributed by atoms with Crippen LogP contribution in [0.25, 0.3) is 0 Å². The lowest BCUT2D eigenvalue weighted by Crippen LogP contribution is -2.07. The Labute approximate surface area is 171 Å². The van der Waals surface area contributed by atoms with E-state index in [4.69, 9.17) is 4.74 Å². The largest absolute Gasteiger partial charge is 0.462 e. The summed E-state index contributed by atoms with van der Waals surface area (Å²) in [6.07, 6.45) is 9.74. The third-order valence-electron chi connectivity index (χ3n) is 4.12. The molecule has 0 atom stereocenters. The number of hydrogen-bond donors (Lipinski definition) is 0. The van der Waals surface area contributed by atoms with Crippen molar-refractivity contribution in [3.8, 4) is 0 Å². The maximum absolute atomic E-state index is 10.5. The second kappa shape index (κ2) is 15.4. The summed E-state index contributed by atoms with van der Waals surface area (Å²) in [5.41, 5.74) is 4.82. The molecule has 2 aliphatic rings. The van der Waals surface area contributed by atoms with Gasteiger partial charge in [-0.05, 0) is 48.1 Å². The van der Waals surface area contributed by atoms with Crippen LogP contribution >= 0.6 is 0 Å². The molecule has 1 heterocycles. The standard InChI is InChI=1S/C13H13NO2.C8H10.2C2H6/c1-3-11-12(10-5-4-6-10)7-8-16-13(11)9(2)14-15;1-2-8-6-4-3-5-7-8;2*1-2/h3,7-8H,1-2,4-6H2;3-7H,2H2,1H3;2*1-2H3. The third kappa shape index (κ3) is 7.51. The number of hydrogen-bond acceptors (Lipinski definition) is 3. The molecule has 1 aliphatic carbocycles. The number of nitrogens with zero attached hydrogens (tertiary/aromatic N) is 1. The van der Waals surface area contributed by atoms with Gasteiger partial charge in [0.15, 0.2) is 5.76 Å². The van der Waals surface area contributed by atoms with Gasteiger partial charge < -0.3 is 4.74 Å². The number of aryl methyl sites for hydroxylation is 1. The van der Waals surface area contributed by atoms with Crippen LogP contribution in [-0.4, -0.2) is 0 Å². The maximum atomic E-state index is 10.5. The summed E-state index contributed by atoms with van der Waals surface area (Å²) in [5.74, 6) is 0.418. The first-order chi connectivity index (χ1) is 13.7. The smallest absolute Gasteiger partial charge is 0.162 e. The normalized spacial score (nSPS) is 13.9. The Bertz CT molecular complexity index is 703. The van der Waals surface area contributed by atoms with Gasteiger partial charge in [-0.25, -0.2) is 0 Å². The Hall–Kier alpha value is -2.68. The lowest BCUT2D eigenvalue weighted by Gasteiger charge is -2.24. The Morgan fingerprint density at radius 1 is 1.14 bits per heavy atom. The van der Waals surface area contributed by atoms with Crippen molar-refractivity contribution in [3.63, 3.8) is 0 Å². The second-order valence-corrected chi connectivity index (χ2v) is 5.62. The Morgan fingerprint density at radius 2 is 1.75 bits per heavy atom. The first-order valence-electron chi connectivity index (χ1n) is 10.2. The van der Waals surface area contributed by atoms with Crippen LogP contribution in [0.5, 0.6) is 0 Å². The van der Waals surface area contributed by atoms with E-state index in [0.29, 0.717) is 5.76 Å². The first-order valence-corrected chi connectivity index (χ1v) is 10.2. The van der Waals surface area contributed by atoms with Crippen molar-refractivity contribution < 1.29 is 4.74 Å². The van der Waals surface area contributed by atoms with Gasteiger partial charge in [0.25, 0.3) is 0 Å². The van der Waals surface area contributed by atoms with Gasteiger partial charge in [-0.3, -0.25) is 0 Å².